The Morgan fingerprint density at radius 2 is 1.82 bits per heavy atom. The summed E-state index contributed by atoms with van der Waals surface area (Å²) >= 11 is 0. The summed E-state index contributed by atoms with van der Waals surface area (Å²) in [5, 5.41) is 0. The first-order valence-corrected chi connectivity index (χ1v) is 8.17. The van der Waals surface area contributed by atoms with Crippen molar-refractivity contribution in [1.82, 2.24) is 9.80 Å². The lowest BCUT2D eigenvalue weighted by Crippen LogP contribution is -2.51. The predicted octanol–water partition coefficient (Wildman–Crippen LogP) is 2.53. The van der Waals surface area contributed by atoms with Crippen molar-refractivity contribution in [3.63, 3.8) is 0 Å². The van der Waals surface area contributed by atoms with Gasteiger partial charge in [-0.3, -0.25) is 9.69 Å². The number of hydrogen-bond acceptors (Lipinski definition) is 3. The molecule has 1 fully saturated rings. The summed E-state index contributed by atoms with van der Waals surface area (Å²) in [7, 11) is 0. The Bertz CT molecular complexity index is 465. The predicted molar refractivity (Wildman–Crippen MR) is 88.6 cm³/mol. The number of benzene rings is 1. The summed E-state index contributed by atoms with van der Waals surface area (Å²) in [6.07, 6.45) is 0.239. The van der Waals surface area contributed by atoms with Crippen LogP contribution in [0.5, 0.6) is 0 Å². The molecule has 1 saturated heterocycles. The van der Waals surface area contributed by atoms with E-state index in [1.165, 1.54) is 5.56 Å². The van der Waals surface area contributed by atoms with Gasteiger partial charge in [0.1, 0.15) is 0 Å². The highest BCUT2D eigenvalue weighted by atomic mass is 16.5. The molecule has 122 valence electrons. The Hall–Kier alpha value is -1.39. The van der Waals surface area contributed by atoms with E-state index < -0.39 is 0 Å². The molecule has 1 heterocycles. The lowest BCUT2D eigenvalue weighted by atomic mass is 10.1. The van der Waals surface area contributed by atoms with Crippen LogP contribution in [0, 0.1) is 0 Å². The fraction of sp³-hybridized carbons (Fsp3) is 0.611. The topological polar surface area (TPSA) is 32.8 Å². The fourth-order valence-electron chi connectivity index (χ4n) is 2.89. The third kappa shape index (κ3) is 4.82. The van der Waals surface area contributed by atoms with Gasteiger partial charge >= 0.3 is 0 Å². The van der Waals surface area contributed by atoms with Gasteiger partial charge < -0.3 is 9.64 Å². The summed E-state index contributed by atoms with van der Waals surface area (Å²) in [5.41, 5.74) is 1.24. The highest BCUT2D eigenvalue weighted by Gasteiger charge is 2.27. The molecule has 0 saturated carbocycles. The van der Waals surface area contributed by atoms with Crippen LogP contribution in [0.2, 0.25) is 0 Å². The first-order valence-electron chi connectivity index (χ1n) is 8.17. The summed E-state index contributed by atoms with van der Waals surface area (Å²) in [6, 6.07) is 10.7. The smallest absolute Gasteiger partial charge is 0.236 e. The maximum Gasteiger partial charge on any atom is 0.236 e. The molecule has 1 aliphatic rings. The molecular weight excluding hydrogens is 276 g/mol. The average Bonchev–Trinajstić information content (AvgIpc) is 2.46. The minimum atomic E-state index is 0.120. The van der Waals surface area contributed by atoms with Gasteiger partial charge in [0.05, 0.1) is 18.8 Å². The van der Waals surface area contributed by atoms with E-state index in [-0.39, 0.29) is 18.1 Å². The van der Waals surface area contributed by atoms with Crippen molar-refractivity contribution in [3.05, 3.63) is 35.9 Å². The van der Waals surface area contributed by atoms with Crippen LogP contribution in [0.15, 0.2) is 30.3 Å². The molecule has 0 aromatic heterocycles. The molecule has 0 spiro atoms. The third-order valence-corrected chi connectivity index (χ3v) is 4.07. The fourth-order valence-corrected chi connectivity index (χ4v) is 2.89. The monoisotopic (exact) mass is 304 g/mol. The highest BCUT2D eigenvalue weighted by Crippen LogP contribution is 2.13. The van der Waals surface area contributed by atoms with E-state index in [9.17, 15) is 4.79 Å². The molecule has 4 heteroatoms. The molecule has 0 N–H and O–H groups in total. The minimum absolute atomic E-state index is 0.120. The van der Waals surface area contributed by atoms with Gasteiger partial charge in [-0.1, -0.05) is 30.3 Å². The van der Waals surface area contributed by atoms with E-state index in [0.717, 1.165) is 6.54 Å². The van der Waals surface area contributed by atoms with Crippen LogP contribution in [0.1, 0.15) is 33.3 Å². The van der Waals surface area contributed by atoms with Crippen LogP contribution in [0.25, 0.3) is 0 Å². The van der Waals surface area contributed by atoms with E-state index in [2.05, 4.69) is 30.9 Å². The van der Waals surface area contributed by atoms with Crippen molar-refractivity contribution < 1.29 is 9.53 Å². The molecule has 0 bridgehead atoms. The van der Waals surface area contributed by atoms with E-state index in [0.29, 0.717) is 25.7 Å². The van der Waals surface area contributed by atoms with Gasteiger partial charge in [0.15, 0.2) is 0 Å². The summed E-state index contributed by atoms with van der Waals surface area (Å²) in [4.78, 5) is 16.8. The Labute approximate surface area is 134 Å². The van der Waals surface area contributed by atoms with Crippen molar-refractivity contribution in [2.24, 2.45) is 0 Å². The normalized spacial score (nSPS) is 22.4. The number of rotatable bonds is 5. The Balaban J connectivity index is 1.97. The van der Waals surface area contributed by atoms with Crippen LogP contribution >= 0.6 is 0 Å². The van der Waals surface area contributed by atoms with Gasteiger partial charge in [-0.2, -0.15) is 0 Å². The number of amides is 1. The maximum atomic E-state index is 12.6. The zero-order valence-corrected chi connectivity index (χ0v) is 14.2. The Morgan fingerprint density at radius 1 is 1.23 bits per heavy atom. The summed E-state index contributed by atoms with van der Waals surface area (Å²) < 4.78 is 5.71. The van der Waals surface area contributed by atoms with Gasteiger partial charge in [0.25, 0.3) is 0 Å². The van der Waals surface area contributed by atoms with Crippen molar-refractivity contribution in [2.75, 3.05) is 19.6 Å². The van der Waals surface area contributed by atoms with Crippen LogP contribution in [-0.4, -0.2) is 53.6 Å². The molecule has 1 aromatic carbocycles. The second-order valence-corrected chi connectivity index (χ2v) is 6.54. The molecule has 1 amide bonds. The van der Waals surface area contributed by atoms with E-state index in [1.54, 1.807) is 0 Å². The zero-order chi connectivity index (χ0) is 16.1. The number of carbonyl (C=O) groups is 1. The quantitative estimate of drug-likeness (QED) is 0.838. The molecule has 1 aliphatic heterocycles. The number of nitrogens with zero attached hydrogens (tertiary/aromatic N) is 2. The Morgan fingerprint density at radius 3 is 2.36 bits per heavy atom. The Kier molecular flexibility index (Phi) is 5.98. The maximum absolute atomic E-state index is 12.6. The van der Waals surface area contributed by atoms with Gasteiger partial charge in [0, 0.05) is 25.7 Å². The molecule has 2 rings (SSSR count). The van der Waals surface area contributed by atoms with Crippen LogP contribution in [0.3, 0.4) is 0 Å². The first kappa shape index (κ1) is 17.0. The van der Waals surface area contributed by atoms with Gasteiger partial charge in [0.2, 0.25) is 5.91 Å². The van der Waals surface area contributed by atoms with Crippen LogP contribution in [0.4, 0.5) is 0 Å². The average molecular weight is 304 g/mol. The van der Waals surface area contributed by atoms with Gasteiger partial charge in [-0.25, -0.2) is 0 Å². The number of carbonyl (C=O) groups excluding carboxylic acids is 1. The minimum Gasteiger partial charge on any atom is -0.372 e. The van der Waals surface area contributed by atoms with Gasteiger partial charge in [-0.15, -0.1) is 0 Å². The largest absolute Gasteiger partial charge is 0.372 e. The highest BCUT2D eigenvalue weighted by molar-refractivity contribution is 5.78. The van der Waals surface area contributed by atoms with Crippen molar-refractivity contribution >= 4 is 5.91 Å². The summed E-state index contributed by atoms with van der Waals surface area (Å²) in [6.45, 7) is 11.0. The van der Waals surface area contributed by atoms with Crippen molar-refractivity contribution in [1.29, 1.82) is 0 Å². The van der Waals surface area contributed by atoms with E-state index in [1.807, 2.05) is 36.9 Å². The van der Waals surface area contributed by atoms with E-state index in [4.69, 9.17) is 4.74 Å². The number of morpholine rings is 1. The number of hydrogen-bond donors (Lipinski definition) is 0. The van der Waals surface area contributed by atoms with E-state index >= 15 is 0 Å². The lowest BCUT2D eigenvalue weighted by molar-refractivity contribution is -0.144. The first-order chi connectivity index (χ1) is 10.5. The lowest BCUT2D eigenvalue weighted by Gasteiger charge is -2.37. The standard InChI is InChI=1S/C18H28N2O2/c1-14(2)19(12-17-8-6-5-7-9-17)13-18(21)20-10-15(3)22-16(4)11-20/h5-9,14-16H,10-13H2,1-4H3. The molecule has 1 aromatic rings. The second-order valence-electron chi connectivity index (χ2n) is 6.54. The SMILES string of the molecule is CC1CN(C(=O)CN(Cc2ccccc2)C(C)C)CC(C)O1. The molecule has 4 nitrogen and oxygen atoms in total. The second kappa shape index (κ2) is 7.75. The third-order valence-electron chi connectivity index (χ3n) is 4.07. The molecule has 0 radical (unpaired) electrons. The molecule has 2 unspecified atom stereocenters. The number of ether oxygens (including phenoxy) is 1. The molecule has 0 aliphatic carbocycles. The molecule has 2 atom stereocenters. The van der Waals surface area contributed by atoms with Crippen molar-refractivity contribution in [2.45, 2.75) is 52.5 Å². The molecule has 22 heavy (non-hydrogen) atoms. The molecular formula is C18H28N2O2. The summed E-state index contributed by atoms with van der Waals surface area (Å²) in [5.74, 6) is 0.201. The van der Waals surface area contributed by atoms with Gasteiger partial charge in [-0.05, 0) is 33.3 Å². The van der Waals surface area contributed by atoms with Crippen molar-refractivity contribution in [3.8, 4) is 0 Å². The van der Waals surface area contributed by atoms with Crippen LogP contribution < -0.4 is 0 Å². The van der Waals surface area contributed by atoms with Crippen LogP contribution in [-0.2, 0) is 16.1 Å². The zero-order valence-electron chi connectivity index (χ0n) is 14.2.